The number of hydrogen-bond donors (Lipinski definition) is 3. The first-order valence-corrected chi connectivity index (χ1v) is 7.01. The molecule has 4 N–H and O–H groups in total. The Hall–Kier alpha value is -1.59. The van der Waals surface area contributed by atoms with E-state index in [1.54, 1.807) is 12.1 Å². The number of hydrazine groups is 1. The summed E-state index contributed by atoms with van der Waals surface area (Å²) in [6.07, 6.45) is 2.13. The fourth-order valence-corrected chi connectivity index (χ4v) is 1.85. The van der Waals surface area contributed by atoms with Crippen LogP contribution in [0.15, 0.2) is 18.2 Å². The Kier molecular flexibility index (Phi) is 7.04. The topological polar surface area (TPSA) is 76.4 Å². The number of rotatable bonds is 8. The molecule has 1 aromatic rings. The minimum absolute atomic E-state index is 0.0455. The lowest BCUT2D eigenvalue weighted by molar-refractivity contribution is 0.0754. The highest BCUT2D eigenvalue weighted by Crippen LogP contribution is 2.14. The Balaban J connectivity index is 2.32. The summed E-state index contributed by atoms with van der Waals surface area (Å²) < 4.78 is 5.45. The number of anilines is 1. The number of amides is 1. The van der Waals surface area contributed by atoms with Crippen LogP contribution in [-0.4, -0.2) is 25.2 Å². The molecule has 1 rings (SSSR count). The van der Waals surface area contributed by atoms with Gasteiger partial charge in [-0.2, -0.15) is 0 Å². The van der Waals surface area contributed by atoms with E-state index in [1.165, 1.54) is 0 Å². The second-order valence-corrected chi connectivity index (χ2v) is 5.06. The summed E-state index contributed by atoms with van der Waals surface area (Å²) in [7, 11) is 0. The lowest BCUT2D eigenvalue weighted by Gasteiger charge is -2.10. The first-order chi connectivity index (χ1) is 9.54. The van der Waals surface area contributed by atoms with Gasteiger partial charge in [0.2, 0.25) is 0 Å². The number of ether oxygens (including phenoxy) is 1. The van der Waals surface area contributed by atoms with Crippen molar-refractivity contribution in [1.82, 2.24) is 5.32 Å². The average Bonchev–Trinajstić information content (AvgIpc) is 2.41. The molecule has 1 amide bonds. The van der Waals surface area contributed by atoms with E-state index in [0.29, 0.717) is 12.1 Å². The Morgan fingerprint density at radius 1 is 1.35 bits per heavy atom. The van der Waals surface area contributed by atoms with Crippen molar-refractivity contribution in [1.29, 1.82) is 0 Å². The van der Waals surface area contributed by atoms with Crippen molar-refractivity contribution in [2.75, 3.05) is 18.6 Å². The summed E-state index contributed by atoms with van der Waals surface area (Å²) in [5, 5.41) is 2.92. The molecule has 0 atom stereocenters. The molecular weight excluding hydrogens is 254 g/mol. The van der Waals surface area contributed by atoms with Crippen LogP contribution >= 0.6 is 0 Å². The molecule has 0 unspecified atom stereocenters. The van der Waals surface area contributed by atoms with Crippen LogP contribution in [-0.2, 0) is 4.74 Å². The molecule has 0 heterocycles. The zero-order valence-corrected chi connectivity index (χ0v) is 12.5. The molecule has 20 heavy (non-hydrogen) atoms. The first kappa shape index (κ1) is 16.5. The van der Waals surface area contributed by atoms with E-state index in [0.717, 1.165) is 30.7 Å². The van der Waals surface area contributed by atoms with Gasteiger partial charge < -0.3 is 15.5 Å². The number of carbonyl (C=O) groups excluding carboxylic acids is 1. The van der Waals surface area contributed by atoms with Gasteiger partial charge in [0.25, 0.3) is 5.91 Å². The number of benzene rings is 1. The molecule has 0 aliphatic heterocycles. The van der Waals surface area contributed by atoms with Crippen molar-refractivity contribution in [3.05, 3.63) is 29.3 Å². The number of nitrogen functional groups attached to an aromatic ring is 1. The van der Waals surface area contributed by atoms with Crippen LogP contribution in [0.1, 0.15) is 42.6 Å². The highest BCUT2D eigenvalue weighted by atomic mass is 16.5. The highest BCUT2D eigenvalue weighted by molar-refractivity contribution is 5.96. The smallest absolute Gasteiger partial charge is 0.251 e. The van der Waals surface area contributed by atoms with Crippen LogP contribution in [0.2, 0.25) is 0 Å². The summed E-state index contributed by atoms with van der Waals surface area (Å²) in [4.78, 5) is 12.0. The molecule has 0 saturated heterocycles. The second-order valence-electron chi connectivity index (χ2n) is 5.06. The SMILES string of the molecule is Cc1cc(NN)ccc1C(=O)NCCCCOC(C)C. The Morgan fingerprint density at radius 2 is 2.10 bits per heavy atom. The van der Waals surface area contributed by atoms with E-state index in [2.05, 4.69) is 10.7 Å². The monoisotopic (exact) mass is 279 g/mol. The quantitative estimate of drug-likeness (QED) is 0.387. The average molecular weight is 279 g/mol. The largest absolute Gasteiger partial charge is 0.379 e. The molecule has 0 spiro atoms. The minimum Gasteiger partial charge on any atom is -0.379 e. The molecule has 5 nitrogen and oxygen atoms in total. The van der Waals surface area contributed by atoms with E-state index in [1.807, 2.05) is 26.8 Å². The van der Waals surface area contributed by atoms with Gasteiger partial charge in [-0.25, -0.2) is 0 Å². The van der Waals surface area contributed by atoms with E-state index >= 15 is 0 Å². The third kappa shape index (κ3) is 5.59. The van der Waals surface area contributed by atoms with Crippen LogP contribution in [0, 0.1) is 6.92 Å². The van der Waals surface area contributed by atoms with Crippen LogP contribution in [0.25, 0.3) is 0 Å². The van der Waals surface area contributed by atoms with Gasteiger partial charge in [0.05, 0.1) is 6.10 Å². The first-order valence-electron chi connectivity index (χ1n) is 7.01. The van der Waals surface area contributed by atoms with Gasteiger partial charge in [-0.3, -0.25) is 10.6 Å². The fraction of sp³-hybridized carbons (Fsp3) is 0.533. The van der Waals surface area contributed by atoms with Crippen LogP contribution in [0.5, 0.6) is 0 Å². The predicted octanol–water partition coefficient (Wildman–Crippen LogP) is 2.22. The van der Waals surface area contributed by atoms with Gasteiger partial charge in [0.15, 0.2) is 0 Å². The maximum absolute atomic E-state index is 12.0. The van der Waals surface area contributed by atoms with Gasteiger partial charge in [-0.1, -0.05) is 0 Å². The lowest BCUT2D eigenvalue weighted by Crippen LogP contribution is -2.25. The Morgan fingerprint density at radius 3 is 2.70 bits per heavy atom. The summed E-state index contributed by atoms with van der Waals surface area (Å²) in [6.45, 7) is 7.33. The summed E-state index contributed by atoms with van der Waals surface area (Å²) in [5.41, 5.74) is 4.95. The highest BCUT2D eigenvalue weighted by Gasteiger charge is 2.08. The molecule has 0 aliphatic rings. The molecule has 0 bridgehead atoms. The number of nitrogens with one attached hydrogen (secondary N) is 2. The molecule has 0 aromatic heterocycles. The zero-order chi connectivity index (χ0) is 15.0. The number of nitrogens with two attached hydrogens (primary N) is 1. The fourth-order valence-electron chi connectivity index (χ4n) is 1.85. The molecule has 1 aromatic carbocycles. The van der Waals surface area contributed by atoms with Crippen molar-refractivity contribution >= 4 is 11.6 Å². The third-order valence-corrected chi connectivity index (χ3v) is 2.95. The van der Waals surface area contributed by atoms with Gasteiger partial charge in [0.1, 0.15) is 0 Å². The number of unbranched alkanes of at least 4 members (excludes halogenated alkanes) is 1. The maximum atomic E-state index is 12.0. The van der Waals surface area contributed by atoms with Crippen molar-refractivity contribution in [2.24, 2.45) is 5.84 Å². The number of carbonyl (C=O) groups is 1. The van der Waals surface area contributed by atoms with Gasteiger partial charge in [0, 0.05) is 24.4 Å². The lowest BCUT2D eigenvalue weighted by atomic mass is 10.1. The minimum atomic E-state index is -0.0455. The number of hydrogen-bond acceptors (Lipinski definition) is 4. The molecule has 112 valence electrons. The van der Waals surface area contributed by atoms with Crippen LogP contribution in [0.4, 0.5) is 5.69 Å². The van der Waals surface area contributed by atoms with Crippen LogP contribution < -0.4 is 16.6 Å². The summed E-state index contributed by atoms with van der Waals surface area (Å²) >= 11 is 0. The van der Waals surface area contributed by atoms with Crippen molar-refractivity contribution in [3.63, 3.8) is 0 Å². The molecule has 5 heteroatoms. The molecule has 0 saturated carbocycles. The Labute approximate surface area is 120 Å². The van der Waals surface area contributed by atoms with Crippen molar-refractivity contribution in [2.45, 2.75) is 39.7 Å². The van der Waals surface area contributed by atoms with E-state index in [-0.39, 0.29) is 12.0 Å². The van der Waals surface area contributed by atoms with E-state index < -0.39 is 0 Å². The van der Waals surface area contributed by atoms with Gasteiger partial charge in [-0.05, 0) is 57.4 Å². The zero-order valence-electron chi connectivity index (χ0n) is 12.5. The summed E-state index contributed by atoms with van der Waals surface area (Å²) in [6, 6.07) is 5.42. The van der Waals surface area contributed by atoms with Gasteiger partial charge in [-0.15, -0.1) is 0 Å². The molecule has 0 fully saturated rings. The molecular formula is C15H25N3O2. The number of aryl methyl sites for hydroxylation is 1. The Bertz CT molecular complexity index is 433. The van der Waals surface area contributed by atoms with Gasteiger partial charge >= 0.3 is 0 Å². The van der Waals surface area contributed by atoms with Crippen molar-refractivity contribution in [3.8, 4) is 0 Å². The summed E-state index contributed by atoms with van der Waals surface area (Å²) in [5.74, 6) is 5.28. The normalized spacial score (nSPS) is 10.7. The van der Waals surface area contributed by atoms with E-state index in [4.69, 9.17) is 10.6 Å². The van der Waals surface area contributed by atoms with Crippen LogP contribution in [0.3, 0.4) is 0 Å². The maximum Gasteiger partial charge on any atom is 0.251 e. The van der Waals surface area contributed by atoms with E-state index in [9.17, 15) is 4.79 Å². The molecule has 0 aliphatic carbocycles. The standard InChI is InChI=1S/C15H25N3O2/c1-11(2)20-9-5-4-8-17-15(19)14-7-6-13(18-16)10-12(14)3/h6-7,10-11,18H,4-5,8-9,16H2,1-3H3,(H,17,19). The second kappa shape index (κ2) is 8.55. The molecule has 0 radical (unpaired) electrons. The van der Waals surface area contributed by atoms with Crippen molar-refractivity contribution < 1.29 is 9.53 Å². The third-order valence-electron chi connectivity index (χ3n) is 2.95. The predicted molar refractivity (Wildman–Crippen MR) is 81.6 cm³/mol.